The Morgan fingerprint density at radius 1 is 1.22 bits per heavy atom. The van der Waals surface area contributed by atoms with Crippen LogP contribution in [-0.2, 0) is 6.42 Å². The molecule has 0 aliphatic carbocycles. The second-order valence-electron chi connectivity index (χ2n) is 8.25. The molecule has 0 saturated carbocycles. The molecule has 0 amide bonds. The lowest BCUT2D eigenvalue weighted by molar-refractivity contribution is 0.0702. The molecule has 1 aromatic carbocycles. The molecule has 6 rings (SSSR count). The number of carbonyl (C=O) groups is 1. The van der Waals surface area contributed by atoms with Gasteiger partial charge in [0.05, 0.1) is 17.4 Å². The number of hydrogen-bond acceptors (Lipinski definition) is 8. The molecule has 5 heterocycles. The number of nitrogens with zero attached hydrogens (tertiary/aromatic N) is 7. The maximum atomic E-state index is 14.8. The van der Waals surface area contributed by atoms with Crippen LogP contribution in [0.5, 0.6) is 0 Å². The first-order valence-corrected chi connectivity index (χ1v) is 12.0. The first-order valence-electron chi connectivity index (χ1n) is 10.8. The maximum Gasteiger partial charge on any atom is 0.345 e. The van der Waals surface area contributed by atoms with Gasteiger partial charge in [-0.3, -0.25) is 9.36 Å². The minimum atomic E-state index is -1.06. The molecule has 4 aromatic rings. The van der Waals surface area contributed by atoms with Crippen LogP contribution in [0.3, 0.4) is 0 Å². The van der Waals surface area contributed by atoms with Gasteiger partial charge in [0, 0.05) is 45.7 Å². The van der Waals surface area contributed by atoms with Crippen LogP contribution in [0.15, 0.2) is 58.5 Å². The molecule has 0 saturated heterocycles. The van der Waals surface area contributed by atoms with Gasteiger partial charge in [-0.1, -0.05) is 11.6 Å². The van der Waals surface area contributed by atoms with Crippen LogP contribution in [0.2, 0.25) is 5.02 Å². The van der Waals surface area contributed by atoms with Crippen LogP contribution < -0.4 is 5.56 Å². The Morgan fingerprint density at radius 3 is 2.78 bits per heavy atom. The van der Waals surface area contributed by atoms with E-state index in [2.05, 4.69) is 20.5 Å². The zero-order chi connectivity index (χ0) is 25.0. The zero-order valence-corrected chi connectivity index (χ0v) is 21.1. The highest BCUT2D eigenvalue weighted by Gasteiger charge is 2.33. The molecule has 10 nitrogen and oxygen atoms in total. The van der Waals surface area contributed by atoms with Crippen molar-refractivity contribution in [1.29, 1.82) is 0 Å². The second kappa shape index (κ2) is 9.61. The van der Waals surface area contributed by atoms with Crippen molar-refractivity contribution < 1.29 is 14.3 Å². The molecule has 1 atom stereocenters. The molecular formula is C23H16Cl2FN7O3S. The van der Waals surface area contributed by atoms with Crippen LogP contribution in [0.25, 0.3) is 22.5 Å². The van der Waals surface area contributed by atoms with Gasteiger partial charge < -0.3 is 5.11 Å². The van der Waals surface area contributed by atoms with Crippen molar-refractivity contribution >= 4 is 52.6 Å². The minimum absolute atomic E-state index is 0. The highest BCUT2D eigenvalue weighted by molar-refractivity contribution is 7.15. The molecule has 0 fully saturated rings. The molecule has 0 spiro atoms. The summed E-state index contributed by atoms with van der Waals surface area (Å²) in [6.45, 7) is 0. The van der Waals surface area contributed by atoms with Crippen molar-refractivity contribution in [2.45, 2.75) is 25.3 Å². The van der Waals surface area contributed by atoms with Crippen LogP contribution in [0.1, 0.15) is 39.3 Å². The molecule has 0 bridgehead atoms. The lowest BCUT2D eigenvalue weighted by Crippen LogP contribution is -2.28. The number of carboxylic acid groups (broad SMARTS) is 1. The van der Waals surface area contributed by atoms with Gasteiger partial charge in [0.25, 0.3) is 5.56 Å². The molecule has 2 aliphatic rings. The Morgan fingerprint density at radius 2 is 2.05 bits per heavy atom. The summed E-state index contributed by atoms with van der Waals surface area (Å²) in [4.78, 5) is 34.0. The first kappa shape index (κ1) is 24.9. The van der Waals surface area contributed by atoms with E-state index >= 15 is 0 Å². The summed E-state index contributed by atoms with van der Waals surface area (Å²) in [7, 11) is 0. The average Bonchev–Trinajstić information content (AvgIpc) is 3.64. The topological polar surface area (TPSA) is 128 Å². The van der Waals surface area contributed by atoms with Gasteiger partial charge in [-0.05, 0) is 47.2 Å². The van der Waals surface area contributed by atoms with Gasteiger partial charge in [-0.25, -0.2) is 14.8 Å². The van der Waals surface area contributed by atoms with Crippen LogP contribution in [-0.4, -0.2) is 46.5 Å². The Balaban J connectivity index is 0.00000280. The lowest BCUT2D eigenvalue weighted by atomic mass is 10.0. The monoisotopic (exact) mass is 559 g/mol. The molecular weight excluding hydrogens is 544 g/mol. The fourth-order valence-corrected chi connectivity index (χ4v) is 5.61. The van der Waals surface area contributed by atoms with Crippen LogP contribution >= 0.6 is 35.3 Å². The van der Waals surface area contributed by atoms with E-state index in [4.69, 9.17) is 16.6 Å². The third-order valence-electron chi connectivity index (χ3n) is 6.16. The van der Waals surface area contributed by atoms with Gasteiger partial charge in [0.1, 0.15) is 17.0 Å². The number of rotatable bonds is 5. The molecule has 0 radical (unpaired) electrons. The molecule has 2 aliphatic heterocycles. The smallest absolute Gasteiger partial charge is 0.345 e. The highest BCUT2D eigenvalue weighted by Crippen LogP contribution is 2.39. The number of hydrogen-bond donors (Lipinski definition) is 1. The summed E-state index contributed by atoms with van der Waals surface area (Å²) in [5, 5.41) is 20.9. The zero-order valence-electron chi connectivity index (χ0n) is 18.7. The standard InChI is InChI=1S/C23H15ClFN7O3S.ClH/c24-11-1-2-16(31-10-26-29-30-31)12(7-11)14-9-21(33)32-17(3-6-20(32)27-14)15-8-13(22(25)28-15)18-4-5-19(36-18)23(34)35;/h1-2,4-5,7,9-10,17H,3,6,8H2,(H,34,35);1H/t17-;/m0./s1. The number of aliphatic imine (C=N–C) groups is 1. The van der Waals surface area contributed by atoms with Gasteiger partial charge in [0.15, 0.2) is 0 Å². The van der Waals surface area contributed by atoms with Crippen LogP contribution in [0.4, 0.5) is 4.39 Å². The summed E-state index contributed by atoms with van der Waals surface area (Å²) < 4.78 is 17.8. The number of carboxylic acids is 1. The van der Waals surface area contributed by atoms with E-state index in [-0.39, 0.29) is 29.3 Å². The van der Waals surface area contributed by atoms with Gasteiger partial charge in [0.2, 0.25) is 5.95 Å². The number of tetrazole rings is 1. The molecule has 188 valence electrons. The normalized spacial score (nSPS) is 16.5. The Hall–Kier alpha value is -3.74. The number of aromatic nitrogens is 6. The van der Waals surface area contributed by atoms with E-state index in [1.165, 1.54) is 23.1 Å². The van der Waals surface area contributed by atoms with Crippen molar-refractivity contribution in [3.05, 3.63) is 79.6 Å². The third kappa shape index (κ3) is 4.37. The summed E-state index contributed by atoms with van der Waals surface area (Å²) in [6, 6.07) is 9.14. The summed E-state index contributed by atoms with van der Waals surface area (Å²) in [6.07, 6.45) is 2.69. The quantitative estimate of drug-likeness (QED) is 0.359. The predicted molar refractivity (Wildman–Crippen MR) is 138 cm³/mol. The Kier molecular flexibility index (Phi) is 6.48. The number of aromatic carboxylic acids is 1. The van der Waals surface area contributed by atoms with Gasteiger partial charge >= 0.3 is 5.97 Å². The van der Waals surface area contributed by atoms with E-state index in [0.717, 1.165) is 11.3 Å². The van der Waals surface area contributed by atoms with E-state index < -0.39 is 18.0 Å². The van der Waals surface area contributed by atoms with E-state index in [9.17, 15) is 19.1 Å². The number of benzene rings is 1. The largest absolute Gasteiger partial charge is 0.477 e. The van der Waals surface area contributed by atoms with Crippen molar-refractivity contribution in [3.8, 4) is 16.9 Å². The van der Waals surface area contributed by atoms with E-state index in [1.807, 2.05) is 0 Å². The van der Waals surface area contributed by atoms with Crippen molar-refractivity contribution in [1.82, 2.24) is 29.8 Å². The van der Waals surface area contributed by atoms with Crippen molar-refractivity contribution in [2.75, 3.05) is 0 Å². The SMILES string of the molecule is Cl.O=C(O)c1ccc(C2=C(F)N=C([C@@H]3CCc4nc(-c5cc(Cl)ccc5-n5cnnn5)cc(=O)n43)C2)s1. The maximum absolute atomic E-state index is 14.8. The molecule has 14 heteroatoms. The molecule has 1 N–H and O–H groups in total. The second-order valence-corrected chi connectivity index (χ2v) is 9.77. The van der Waals surface area contributed by atoms with Gasteiger partial charge in [-0.15, -0.1) is 28.8 Å². The fourth-order valence-electron chi connectivity index (χ4n) is 4.57. The highest BCUT2D eigenvalue weighted by atomic mass is 35.5. The van der Waals surface area contributed by atoms with Crippen molar-refractivity contribution in [2.24, 2.45) is 4.99 Å². The Labute approximate surface area is 223 Å². The number of fused-ring (bicyclic) bond motifs is 1. The van der Waals surface area contributed by atoms with Crippen LogP contribution in [0, 0.1) is 0 Å². The molecule has 37 heavy (non-hydrogen) atoms. The number of allylic oxidation sites excluding steroid dienone is 1. The minimum Gasteiger partial charge on any atom is -0.477 e. The summed E-state index contributed by atoms with van der Waals surface area (Å²) in [5.74, 6) is -1.15. The molecule has 0 unspecified atom stereocenters. The van der Waals surface area contributed by atoms with E-state index in [1.54, 1.807) is 28.8 Å². The van der Waals surface area contributed by atoms with Gasteiger partial charge in [-0.2, -0.15) is 9.07 Å². The summed E-state index contributed by atoms with van der Waals surface area (Å²) in [5.41, 5.74) is 2.19. The number of halogens is 3. The average molecular weight is 560 g/mol. The lowest BCUT2D eigenvalue weighted by Gasteiger charge is -2.16. The number of thiophene rings is 1. The first-order chi connectivity index (χ1) is 17.4. The van der Waals surface area contributed by atoms with Crippen molar-refractivity contribution in [3.63, 3.8) is 0 Å². The number of aryl methyl sites for hydroxylation is 1. The third-order valence-corrected chi connectivity index (χ3v) is 7.52. The Bertz CT molecular complexity index is 1660. The predicted octanol–water partition coefficient (Wildman–Crippen LogP) is 4.39. The molecule has 3 aromatic heterocycles. The van der Waals surface area contributed by atoms with E-state index in [0.29, 0.717) is 56.8 Å². The summed E-state index contributed by atoms with van der Waals surface area (Å²) >= 11 is 7.23. The fraction of sp³-hybridized carbons (Fsp3) is 0.174.